The van der Waals surface area contributed by atoms with Crippen LogP contribution < -0.4 is 0 Å². The molecular weight excluding hydrogens is 194 g/mol. The number of aromatic amines is 1. The minimum Gasteiger partial charge on any atom is -0.429 e. The molecule has 0 amide bonds. The molecule has 0 aliphatic rings. The molecule has 0 saturated heterocycles. The number of alkyl halides is 1. The summed E-state index contributed by atoms with van der Waals surface area (Å²) in [6, 6.07) is 5.73. The van der Waals surface area contributed by atoms with Crippen molar-refractivity contribution in [1.29, 1.82) is 0 Å². The molecule has 2 rings (SSSR count). The van der Waals surface area contributed by atoms with Crippen LogP contribution in [0, 0.1) is 4.84 Å². The summed E-state index contributed by atoms with van der Waals surface area (Å²) in [7, 11) is 0. The van der Waals surface area contributed by atoms with Crippen LogP contribution >= 0.6 is 23.8 Å². The maximum Gasteiger partial charge on any atom is 0.266 e. The van der Waals surface area contributed by atoms with Crippen molar-refractivity contribution in [2.75, 3.05) is 0 Å². The van der Waals surface area contributed by atoms with E-state index >= 15 is 0 Å². The summed E-state index contributed by atoms with van der Waals surface area (Å²) >= 11 is 10.5. The maximum atomic E-state index is 5.66. The fourth-order valence-electron chi connectivity index (χ4n) is 1.07. The van der Waals surface area contributed by atoms with E-state index in [4.69, 9.17) is 28.2 Å². The predicted molar refractivity (Wildman–Crippen MR) is 51.0 cm³/mol. The fourth-order valence-corrected chi connectivity index (χ4v) is 1.44. The highest BCUT2D eigenvalue weighted by Gasteiger charge is 1.98. The molecule has 2 aromatic rings. The van der Waals surface area contributed by atoms with Crippen LogP contribution in [-0.4, -0.2) is 4.98 Å². The van der Waals surface area contributed by atoms with Crippen molar-refractivity contribution in [3.63, 3.8) is 0 Å². The Labute approximate surface area is 79.2 Å². The standard InChI is InChI=1S/C8H6ClNOS/c9-4-5-1-2-6-7(3-5)11-8(12)10-6/h1-3H,4H2,(H,10,12). The Morgan fingerprint density at radius 2 is 2.33 bits per heavy atom. The lowest BCUT2D eigenvalue weighted by molar-refractivity contribution is 0.583. The van der Waals surface area contributed by atoms with Gasteiger partial charge in [0.1, 0.15) is 0 Å². The monoisotopic (exact) mass is 199 g/mol. The van der Waals surface area contributed by atoms with Crippen molar-refractivity contribution in [1.82, 2.24) is 4.98 Å². The quantitative estimate of drug-likeness (QED) is 0.564. The Morgan fingerprint density at radius 1 is 1.50 bits per heavy atom. The van der Waals surface area contributed by atoms with Crippen LogP contribution in [0.4, 0.5) is 0 Å². The van der Waals surface area contributed by atoms with Crippen LogP contribution in [0.25, 0.3) is 11.1 Å². The third-order valence-corrected chi connectivity index (χ3v) is 2.13. The van der Waals surface area contributed by atoms with E-state index in [1.165, 1.54) is 0 Å². The lowest BCUT2D eigenvalue weighted by Gasteiger charge is -1.91. The molecule has 0 spiro atoms. The van der Waals surface area contributed by atoms with Gasteiger partial charge in [0.05, 0.1) is 5.52 Å². The highest BCUT2D eigenvalue weighted by molar-refractivity contribution is 7.71. The second-order valence-corrected chi connectivity index (χ2v) is 3.12. The largest absolute Gasteiger partial charge is 0.429 e. The number of hydrogen-bond acceptors (Lipinski definition) is 2. The lowest BCUT2D eigenvalue weighted by atomic mass is 10.2. The van der Waals surface area contributed by atoms with Gasteiger partial charge in [-0.2, -0.15) is 0 Å². The van der Waals surface area contributed by atoms with Gasteiger partial charge in [0.2, 0.25) is 0 Å². The first kappa shape index (κ1) is 7.83. The van der Waals surface area contributed by atoms with Gasteiger partial charge in [-0.15, -0.1) is 11.6 Å². The van der Waals surface area contributed by atoms with Gasteiger partial charge < -0.3 is 9.40 Å². The summed E-state index contributed by atoms with van der Waals surface area (Å²) in [5.74, 6) is 0.489. The topological polar surface area (TPSA) is 28.9 Å². The van der Waals surface area contributed by atoms with E-state index in [2.05, 4.69) is 4.98 Å². The van der Waals surface area contributed by atoms with Gasteiger partial charge in [-0.1, -0.05) is 6.07 Å². The number of halogens is 1. The fraction of sp³-hybridized carbons (Fsp3) is 0.125. The van der Waals surface area contributed by atoms with Crippen LogP contribution in [0.3, 0.4) is 0 Å². The van der Waals surface area contributed by atoms with Crippen LogP contribution in [0.5, 0.6) is 0 Å². The summed E-state index contributed by atoms with van der Waals surface area (Å²) in [5, 5.41) is 0. The molecule has 4 heteroatoms. The van der Waals surface area contributed by atoms with E-state index in [0.717, 1.165) is 16.7 Å². The number of aromatic nitrogens is 1. The molecule has 0 saturated carbocycles. The van der Waals surface area contributed by atoms with Gasteiger partial charge >= 0.3 is 0 Å². The normalized spacial score (nSPS) is 10.8. The van der Waals surface area contributed by atoms with Gasteiger partial charge in [0, 0.05) is 5.88 Å². The van der Waals surface area contributed by atoms with E-state index in [9.17, 15) is 0 Å². The van der Waals surface area contributed by atoms with Gasteiger partial charge in [0.25, 0.3) is 4.84 Å². The number of benzene rings is 1. The van der Waals surface area contributed by atoms with E-state index in [1.54, 1.807) is 0 Å². The Bertz CT molecular complexity index is 459. The summed E-state index contributed by atoms with van der Waals surface area (Å²) in [4.78, 5) is 3.31. The number of nitrogens with one attached hydrogen (secondary N) is 1. The van der Waals surface area contributed by atoms with Gasteiger partial charge in [-0.25, -0.2) is 0 Å². The second kappa shape index (κ2) is 2.92. The summed E-state index contributed by atoms with van der Waals surface area (Å²) in [5.41, 5.74) is 2.70. The molecule has 0 aliphatic heterocycles. The van der Waals surface area contributed by atoms with Crippen molar-refractivity contribution in [2.24, 2.45) is 0 Å². The first-order valence-corrected chi connectivity index (χ1v) is 4.41. The molecule has 1 aromatic heterocycles. The molecule has 12 heavy (non-hydrogen) atoms. The Kier molecular flexibility index (Phi) is 1.90. The molecule has 0 unspecified atom stereocenters. The predicted octanol–water partition coefficient (Wildman–Crippen LogP) is 3.23. The van der Waals surface area contributed by atoms with Crippen molar-refractivity contribution in [3.8, 4) is 0 Å². The average Bonchev–Trinajstić information content (AvgIpc) is 2.43. The Balaban J connectivity index is 2.74. The minimum atomic E-state index is 0.400. The maximum absolute atomic E-state index is 5.66. The summed E-state index contributed by atoms with van der Waals surface area (Å²) in [6.45, 7) is 0. The zero-order valence-electron chi connectivity index (χ0n) is 6.13. The van der Waals surface area contributed by atoms with E-state index in [0.29, 0.717) is 10.7 Å². The van der Waals surface area contributed by atoms with Crippen molar-refractivity contribution < 1.29 is 4.42 Å². The van der Waals surface area contributed by atoms with Crippen LogP contribution in [0.1, 0.15) is 5.56 Å². The van der Waals surface area contributed by atoms with Crippen LogP contribution in [0.2, 0.25) is 0 Å². The highest BCUT2D eigenvalue weighted by Crippen LogP contribution is 2.16. The number of fused-ring (bicyclic) bond motifs is 1. The van der Waals surface area contributed by atoms with E-state index in [-0.39, 0.29) is 0 Å². The molecular formula is C8H6ClNOS. The minimum absolute atomic E-state index is 0.400. The zero-order chi connectivity index (χ0) is 8.55. The average molecular weight is 200 g/mol. The molecule has 0 fully saturated rings. The molecule has 1 aromatic carbocycles. The third-order valence-electron chi connectivity index (χ3n) is 1.64. The number of rotatable bonds is 1. The molecule has 0 radical (unpaired) electrons. The molecule has 0 aliphatic carbocycles. The second-order valence-electron chi connectivity index (χ2n) is 2.48. The highest BCUT2D eigenvalue weighted by atomic mass is 35.5. The third kappa shape index (κ3) is 1.26. The smallest absolute Gasteiger partial charge is 0.266 e. The van der Waals surface area contributed by atoms with Crippen molar-refractivity contribution >= 4 is 34.9 Å². The molecule has 0 bridgehead atoms. The zero-order valence-corrected chi connectivity index (χ0v) is 7.71. The summed E-state index contributed by atoms with van der Waals surface area (Å²) < 4.78 is 5.21. The van der Waals surface area contributed by atoms with Crippen LogP contribution in [-0.2, 0) is 5.88 Å². The van der Waals surface area contributed by atoms with Gasteiger partial charge in [0.15, 0.2) is 5.58 Å². The first-order valence-electron chi connectivity index (χ1n) is 3.47. The molecule has 0 atom stereocenters. The molecule has 1 N–H and O–H groups in total. The number of H-pyrrole nitrogens is 1. The first-order chi connectivity index (χ1) is 5.79. The van der Waals surface area contributed by atoms with Gasteiger partial charge in [-0.05, 0) is 29.9 Å². The lowest BCUT2D eigenvalue weighted by Crippen LogP contribution is -1.75. The number of oxazole rings is 1. The Morgan fingerprint density at radius 3 is 3.08 bits per heavy atom. The summed E-state index contributed by atoms with van der Waals surface area (Å²) in [6.07, 6.45) is 0. The molecule has 2 nitrogen and oxygen atoms in total. The van der Waals surface area contributed by atoms with Crippen molar-refractivity contribution in [3.05, 3.63) is 28.6 Å². The number of hydrogen-bond donors (Lipinski definition) is 1. The van der Waals surface area contributed by atoms with Gasteiger partial charge in [-0.3, -0.25) is 0 Å². The van der Waals surface area contributed by atoms with Crippen LogP contribution in [0.15, 0.2) is 22.6 Å². The molecule has 62 valence electrons. The van der Waals surface area contributed by atoms with E-state index in [1.807, 2.05) is 18.2 Å². The van der Waals surface area contributed by atoms with Crippen molar-refractivity contribution in [2.45, 2.75) is 5.88 Å². The molecule has 1 heterocycles. The van der Waals surface area contributed by atoms with E-state index < -0.39 is 0 Å². The SMILES string of the molecule is S=c1[nH]c2ccc(CCl)cc2o1. The Hall–Kier alpha value is -0.800.